The van der Waals surface area contributed by atoms with E-state index in [1.165, 1.54) is 21.2 Å². The van der Waals surface area contributed by atoms with Crippen LogP contribution in [0.2, 0.25) is 0 Å². The summed E-state index contributed by atoms with van der Waals surface area (Å²) in [6, 6.07) is 61.5. The quantitative estimate of drug-likeness (QED) is 0.181. The van der Waals surface area contributed by atoms with Crippen LogP contribution in [0.25, 0.3) is 87.7 Å². The fourth-order valence-electron chi connectivity index (χ4n) is 6.49. The van der Waals surface area contributed by atoms with Crippen molar-refractivity contribution < 1.29 is 0 Å². The van der Waals surface area contributed by atoms with E-state index < -0.39 is 0 Å². The number of benzene rings is 7. The van der Waals surface area contributed by atoms with E-state index in [0.29, 0.717) is 5.82 Å². The van der Waals surface area contributed by atoms with Crippen LogP contribution in [0.4, 0.5) is 0 Å². The van der Waals surface area contributed by atoms with Gasteiger partial charge in [0.25, 0.3) is 0 Å². The van der Waals surface area contributed by atoms with E-state index in [0.717, 1.165) is 60.7 Å². The van der Waals surface area contributed by atoms with Crippen LogP contribution < -0.4 is 0 Å². The summed E-state index contributed by atoms with van der Waals surface area (Å²) in [5.74, 6) is 0.701. The summed E-state index contributed by atoms with van der Waals surface area (Å²) in [6.45, 7) is 0. The Kier molecular flexibility index (Phi) is 7.34. The number of fused-ring (bicyclic) bond motifs is 2. The van der Waals surface area contributed by atoms with E-state index in [1.54, 1.807) is 11.3 Å². The molecule has 0 amide bonds. The smallest absolute Gasteiger partial charge is 0.160 e. The van der Waals surface area contributed by atoms with E-state index in [-0.39, 0.29) is 0 Å². The normalized spacial score (nSPS) is 11.3. The maximum atomic E-state index is 5.21. The Morgan fingerprint density at radius 3 is 1.59 bits per heavy atom. The van der Waals surface area contributed by atoms with E-state index >= 15 is 0 Å². The summed E-state index contributed by atoms with van der Waals surface area (Å²) < 4.78 is 1.18. The van der Waals surface area contributed by atoms with Crippen LogP contribution >= 0.6 is 11.3 Å². The largest absolute Gasteiger partial charge is 0.236 e. The molecule has 0 bridgehead atoms. The molecule has 0 fully saturated rings. The minimum absolute atomic E-state index is 0.701. The molecule has 2 heterocycles. The van der Waals surface area contributed by atoms with Crippen LogP contribution in [0.3, 0.4) is 0 Å². The van der Waals surface area contributed by atoms with Gasteiger partial charge in [-0.3, -0.25) is 0 Å². The van der Waals surface area contributed by atoms with Crippen LogP contribution in [0.1, 0.15) is 0 Å². The zero-order valence-corrected chi connectivity index (χ0v) is 27.3. The van der Waals surface area contributed by atoms with Crippen molar-refractivity contribution in [3.05, 3.63) is 176 Å². The van der Waals surface area contributed by atoms with Gasteiger partial charge in [-0.1, -0.05) is 158 Å². The zero-order valence-electron chi connectivity index (χ0n) is 26.5. The van der Waals surface area contributed by atoms with Crippen molar-refractivity contribution in [2.45, 2.75) is 0 Å². The average molecular weight is 644 g/mol. The van der Waals surface area contributed by atoms with Crippen molar-refractivity contribution in [1.82, 2.24) is 15.0 Å². The van der Waals surface area contributed by atoms with Crippen LogP contribution in [0.5, 0.6) is 0 Å². The topological polar surface area (TPSA) is 38.7 Å². The van der Waals surface area contributed by atoms with Gasteiger partial charge < -0.3 is 0 Å². The highest BCUT2D eigenvalue weighted by Crippen LogP contribution is 2.39. The molecular formula is C45H29N3S. The van der Waals surface area contributed by atoms with Gasteiger partial charge in [-0.2, -0.15) is 0 Å². The first-order valence-electron chi connectivity index (χ1n) is 16.4. The molecule has 0 aliphatic rings. The van der Waals surface area contributed by atoms with Gasteiger partial charge in [-0.05, 0) is 51.2 Å². The molecular weight excluding hydrogens is 615 g/mol. The Morgan fingerprint density at radius 2 is 0.878 bits per heavy atom. The van der Waals surface area contributed by atoms with Gasteiger partial charge in [0.2, 0.25) is 0 Å². The molecule has 0 saturated carbocycles. The third kappa shape index (κ3) is 5.58. The number of aromatic nitrogens is 3. The fourth-order valence-corrected chi connectivity index (χ4v) is 7.44. The van der Waals surface area contributed by atoms with E-state index in [4.69, 9.17) is 15.0 Å². The molecule has 0 aliphatic heterocycles. The van der Waals surface area contributed by atoms with Crippen molar-refractivity contribution in [2.24, 2.45) is 0 Å². The van der Waals surface area contributed by atoms with Gasteiger partial charge in [-0.15, -0.1) is 11.3 Å². The molecule has 0 saturated heterocycles. The van der Waals surface area contributed by atoms with Gasteiger partial charge in [0.05, 0.1) is 21.6 Å². The first kappa shape index (κ1) is 29.0. The van der Waals surface area contributed by atoms with Crippen LogP contribution in [-0.4, -0.2) is 15.0 Å². The number of rotatable bonds is 6. The number of hydrogen-bond acceptors (Lipinski definition) is 4. The molecule has 4 heteroatoms. The van der Waals surface area contributed by atoms with Crippen molar-refractivity contribution in [3.63, 3.8) is 0 Å². The van der Waals surface area contributed by atoms with Gasteiger partial charge in [0.1, 0.15) is 5.01 Å². The fraction of sp³-hybridized carbons (Fsp3) is 0. The summed E-state index contributed by atoms with van der Waals surface area (Å²) >= 11 is 1.73. The Morgan fingerprint density at radius 1 is 0.347 bits per heavy atom. The second kappa shape index (κ2) is 12.4. The number of thiazole rings is 1. The summed E-state index contributed by atoms with van der Waals surface area (Å²) in [5.41, 5.74) is 11.7. The molecule has 0 aliphatic carbocycles. The highest BCUT2D eigenvalue weighted by atomic mass is 32.1. The van der Waals surface area contributed by atoms with Crippen molar-refractivity contribution in [1.29, 1.82) is 0 Å². The predicted molar refractivity (Wildman–Crippen MR) is 205 cm³/mol. The Balaban J connectivity index is 1.16. The van der Waals surface area contributed by atoms with Gasteiger partial charge in [0, 0.05) is 22.3 Å². The van der Waals surface area contributed by atoms with E-state index in [2.05, 4.69) is 158 Å². The molecule has 230 valence electrons. The molecule has 9 rings (SSSR count). The number of nitrogens with zero attached hydrogens (tertiary/aromatic N) is 3. The summed E-state index contributed by atoms with van der Waals surface area (Å²) in [6.07, 6.45) is 0. The maximum absolute atomic E-state index is 5.21. The van der Waals surface area contributed by atoms with E-state index in [9.17, 15) is 0 Å². The highest BCUT2D eigenvalue weighted by Gasteiger charge is 2.16. The Hall–Kier alpha value is -6.23. The lowest BCUT2D eigenvalue weighted by atomic mass is 9.93. The van der Waals surface area contributed by atoms with Crippen molar-refractivity contribution in [2.75, 3.05) is 0 Å². The molecule has 0 N–H and O–H groups in total. The summed E-state index contributed by atoms with van der Waals surface area (Å²) in [4.78, 5) is 15.3. The Labute approximate surface area is 288 Å². The molecule has 3 nitrogen and oxygen atoms in total. The lowest BCUT2D eigenvalue weighted by Gasteiger charge is -2.14. The zero-order chi connectivity index (χ0) is 32.6. The lowest BCUT2D eigenvalue weighted by molar-refractivity contribution is 1.18. The van der Waals surface area contributed by atoms with Crippen LogP contribution in [-0.2, 0) is 0 Å². The molecule has 9 aromatic rings. The number of hydrogen-bond donors (Lipinski definition) is 0. The minimum atomic E-state index is 0.701. The third-order valence-electron chi connectivity index (χ3n) is 8.97. The molecule has 0 radical (unpaired) electrons. The average Bonchev–Trinajstić information content (AvgIpc) is 3.62. The molecule has 49 heavy (non-hydrogen) atoms. The lowest BCUT2D eigenvalue weighted by Crippen LogP contribution is -1.97. The Bertz CT molecular complexity index is 2580. The predicted octanol–water partition coefficient (Wildman–Crippen LogP) is 12.2. The van der Waals surface area contributed by atoms with Crippen LogP contribution in [0, 0.1) is 0 Å². The first-order chi connectivity index (χ1) is 24.3. The first-order valence-corrected chi connectivity index (χ1v) is 17.2. The van der Waals surface area contributed by atoms with Crippen molar-refractivity contribution >= 4 is 32.3 Å². The molecule has 0 atom stereocenters. The molecule has 0 unspecified atom stereocenters. The summed E-state index contributed by atoms with van der Waals surface area (Å²) in [5, 5.41) is 3.36. The highest BCUT2D eigenvalue weighted by molar-refractivity contribution is 7.21. The van der Waals surface area contributed by atoms with E-state index in [1.807, 2.05) is 18.2 Å². The third-order valence-corrected chi connectivity index (χ3v) is 10.1. The maximum Gasteiger partial charge on any atom is 0.160 e. The van der Waals surface area contributed by atoms with Gasteiger partial charge >= 0.3 is 0 Å². The van der Waals surface area contributed by atoms with Gasteiger partial charge in [-0.25, -0.2) is 15.0 Å². The van der Waals surface area contributed by atoms with Crippen LogP contribution in [0.15, 0.2) is 176 Å². The second-order valence-corrected chi connectivity index (χ2v) is 13.1. The standard InChI is InChI=1S/C45H29N3S/c1-4-12-30(13-5-1)31-20-22-33(23-21-31)44-46-40(32-14-6-2-7-15-32)29-41(47-44)39-26-25-36(37-18-10-11-19-38(37)39)35-24-27-43-42(28-35)48-45(49-43)34-16-8-3-9-17-34/h1-29H. The molecule has 2 aromatic heterocycles. The van der Waals surface area contributed by atoms with Crippen molar-refractivity contribution in [3.8, 4) is 66.7 Å². The minimum Gasteiger partial charge on any atom is -0.236 e. The molecule has 7 aromatic carbocycles. The van der Waals surface area contributed by atoms with Gasteiger partial charge in [0.15, 0.2) is 5.82 Å². The second-order valence-electron chi connectivity index (χ2n) is 12.0. The SMILES string of the molecule is c1ccc(-c2ccc(-c3nc(-c4ccccc4)cc(-c4ccc(-c5ccc6sc(-c7ccccc7)nc6c5)c5ccccc45)n3)cc2)cc1. The summed E-state index contributed by atoms with van der Waals surface area (Å²) in [7, 11) is 0. The molecule has 0 spiro atoms. The monoisotopic (exact) mass is 643 g/mol.